The topological polar surface area (TPSA) is 32.3 Å². The van der Waals surface area contributed by atoms with Gasteiger partial charge in [0, 0.05) is 11.5 Å². The summed E-state index contributed by atoms with van der Waals surface area (Å²) in [6.07, 6.45) is 0.981. The van der Waals surface area contributed by atoms with Crippen molar-refractivity contribution in [1.29, 1.82) is 0 Å². The number of rotatable bonds is 6. The highest BCUT2D eigenvalue weighted by Gasteiger charge is 2.17. The van der Waals surface area contributed by atoms with Crippen LogP contribution in [0.5, 0.6) is 5.75 Å². The molecule has 0 aliphatic heterocycles. The van der Waals surface area contributed by atoms with Gasteiger partial charge in [0.2, 0.25) is 0 Å². The lowest BCUT2D eigenvalue weighted by molar-refractivity contribution is 0.461. The van der Waals surface area contributed by atoms with Crippen molar-refractivity contribution in [2.24, 2.45) is 0 Å². The summed E-state index contributed by atoms with van der Waals surface area (Å²) in [6, 6.07) is 16.3. The van der Waals surface area contributed by atoms with E-state index in [1.807, 2.05) is 12.1 Å². The van der Waals surface area contributed by atoms with Gasteiger partial charge in [-0.25, -0.2) is 0 Å². The lowest BCUT2D eigenvalue weighted by atomic mass is 9.87. The first-order chi connectivity index (χ1) is 9.72. The zero-order chi connectivity index (χ0) is 14.4. The van der Waals surface area contributed by atoms with Crippen LogP contribution in [0.3, 0.4) is 0 Å². The highest BCUT2D eigenvalue weighted by Crippen LogP contribution is 2.34. The summed E-state index contributed by atoms with van der Waals surface area (Å²) in [5, 5.41) is 13.6. The first kappa shape index (κ1) is 14.6. The third kappa shape index (κ3) is 3.61. The van der Waals surface area contributed by atoms with Crippen LogP contribution in [0, 0.1) is 6.92 Å². The Morgan fingerprint density at radius 3 is 2.55 bits per heavy atom. The summed E-state index contributed by atoms with van der Waals surface area (Å²) in [5.74, 6) is 0.621. The van der Waals surface area contributed by atoms with Crippen molar-refractivity contribution in [3.05, 3.63) is 65.2 Å². The van der Waals surface area contributed by atoms with E-state index in [-0.39, 0.29) is 5.92 Å². The number of hydrogen-bond donors (Lipinski definition) is 2. The summed E-state index contributed by atoms with van der Waals surface area (Å²) >= 11 is 0. The van der Waals surface area contributed by atoms with Crippen LogP contribution in [0.15, 0.2) is 48.5 Å². The Balaban J connectivity index is 2.33. The fourth-order valence-electron chi connectivity index (χ4n) is 2.56. The summed E-state index contributed by atoms with van der Waals surface area (Å²) < 4.78 is 0. The molecule has 1 atom stereocenters. The van der Waals surface area contributed by atoms with E-state index in [1.165, 1.54) is 11.1 Å². The maximum Gasteiger partial charge on any atom is 0.119 e. The van der Waals surface area contributed by atoms with Crippen molar-refractivity contribution < 1.29 is 5.11 Å². The molecule has 0 radical (unpaired) electrons. The third-order valence-electron chi connectivity index (χ3n) is 3.62. The number of hydrogen-bond acceptors (Lipinski definition) is 2. The van der Waals surface area contributed by atoms with E-state index in [0.717, 1.165) is 25.1 Å². The molecule has 2 aromatic carbocycles. The number of aromatic hydroxyl groups is 1. The maximum atomic E-state index is 10.2. The number of phenols is 1. The van der Waals surface area contributed by atoms with Crippen LogP contribution in [-0.4, -0.2) is 18.2 Å². The average Bonchev–Trinajstić information content (AvgIpc) is 2.48. The Labute approximate surface area is 121 Å². The van der Waals surface area contributed by atoms with Gasteiger partial charge in [0.15, 0.2) is 0 Å². The predicted octanol–water partition coefficient (Wildman–Crippen LogP) is 3.83. The Kier molecular flexibility index (Phi) is 5.19. The van der Waals surface area contributed by atoms with Crippen LogP contribution in [0.4, 0.5) is 0 Å². The molecular weight excluding hydrogens is 246 g/mol. The van der Waals surface area contributed by atoms with E-state index in [0.29, 0.717) is 5.75 Å². The molecular formula is C18H23NO. The van der Waals surface area contributed by atoms with Gasteiger partial charge in [-0.2, -0.15) is 0 Å². The normalized spacial score (nSPS) is 12.3. The molecule has 0 aromatic heterocycles. The monoisotopic (exact) mass is 269 g/mol. The average molecular weight is 269 g/mol. The van der Waals surface area contributed by atoms with Crippen molar-refractivity contribution in [3.8, 4) is 5.75 Å². The van der Waals surface area contributed by atoms with Crippen molar-refractivity contribution in [1.82, 2.24) is 5.32 Å². The third-order valence-corrected chi connectivity index (χ3v) is 3.62. The van der Waals surface area contributed by atoms with Crippen molar-refractivity contribution in [2.75, 3.05) is 13.1 Å². The fraction of sp³-hybridized carbons (Fsp3) is 0.333. The highest BCUT2D eigenvalue weighted by atomic mass is 16.3. The van der Waals surface area contributed by atoms with Gasteiger partial charge in [0.05, 0.1) is 0 Å². The maximum absolute atomic E-state index is 10.2. The highest BCUT2D eigenvalue weighted by molar-refractivity contribution is 5.43. The molecule has 0 bridgehead atoms. The second-order valence-electron chi connectivity index (χ2n) is 5.17. The Hall–Kier alpha value is -1.80. The molecule has 0 aliphatic carbocycles. The number of nitrogens with one attached hydrogen (secondary N) is 1. The molecule has 2 rings (SSSR count). The van der Waals surface area contributed by atoms with Gasteiger partial charge in [0.1, 0.15) is 5.75 Å². The number of phenolic OH excluding ortho intramolecular Hbond substituents is 1. The Bertz CT molecular complexity index is 536. The predicted molar refractivity (Wildman–Crippen MR) is 84.3 cm³/mol. The standard InChI is InChI=1S/C18H23NO/c1-3-19-12-11-16(15-7-5-4-6-8-15)17-13-14(2)9-10-18(17)20/h4-10,13,16,19-20H,3,11-12H2,1-2H3. The number of benzene rings is 2. The molecule has 2 aromatic rings. The zero-order valence-corrected chi connectivity index (χ0v) is 12.3. The number of aryl methyl sites for hydroxylation is 1. The summed E-state index contributed by atoms with van der Waals surface area (Å²) in [6.45, 7) is 6.10. The van der Waals surface area contributed by atoms with E-state index in [9.17, 15) is 5.11 Å². The van der Waals surface area contributed by atoms with Crippen molar-refractivity contribution >= 4 is 0 Å². The fourth-order valence-corrected chi connectivity index (χ4v) is 2.56. The lowest BCUT2D eigenvalue weighted by Crippen LogP contribution is -2.17. The molecule has 20 heavy (non-hydrogen) atoms. The molecule has 0 heterocycles. The first-order valence-electron chi connectivity index (χ1n) is 7.27. The van der Waals surface area contributed by atoms with Gasteiger partial charge in [-0.05, 0) is 38.1 Å². The minimum Gasteiger partial charge on any atom is -0.508 e. The summed E-state index contributed by atoms with van der Waals surface area (Å²) in [4.78, 5) is 0. The van der Waals surface area contributed by atoms with Crippen molar-refractivity contribution in [3.63, 3.8) is 0 Å². The van der Waals surface area contributed by atoms with Gasteiger partial charge < -0.3 is 10.4 Å². The van der Waals surface area contributed by atoms with Gasteiger partial charge >= 0.3 is 0 Å². The molecule has 2 N–H and O–H groups in total. The van der Waals surface area contributed by atoms with Gasteiger partial charge in [0.25, 0.3) is 0 Å². The van der Waals surface area contributed by atoms with E-state index in [1.54, 1.807) is 6.07 Å². The zero-order valence-electron chi connectivity index (χ0n) is 12.3. The van der Waals surface area contributed by atoms with Gasteiger partial charge in [-0.15, -0.1) is 0 Å². The van der Waals surface area contributed by atoms with Gasteiger partial charge in [-0.3, -0.25) is 0 Å². The van der Waals surface area contributed by atoms with Gasteiger partial charge in [-0.1, -0.05) is 55.0 Å². The minimum atomic E-state index is 0.232. The summed E-state index contributed by atoms with van der Waals surface area (Å²) in [7, 11) is 0. The SMILES string of the molecule is CCNCCC(c1ccccc1)c1cc(C)ccc1O. The van der Waals surface area contributed by atoms with E-state index in [4.69, 9.17) is 0 Å². The molecule has 0 fully saturated rings. The van der Waals surface area contributed by atoms with Crippen LogP contribution in [-0.2, 0) is 0 Å². The Morgan fingerprint density at radius 2 is 1.85 bits per heavy atom. The molecule has 0 saturated carbocycles. The first-order valence-corrected chi connectivity index (χ1v) is 7.27. The molecule has 106 valence electrons. The van der Waals surface area contributed by atoms with E-state index >= 15 is 0 Å². The van der Waals surface area contributed by atoms with Crippen LogP contribution in [0.2, 0.25) is 0 Å². The van der Waals surface area contributed by atoms with E-state index < -0.39 is 0 Å². The van der Waals surface area contributed by atoms with Crippen LogP contribution >= 0.6 is 0 Å². The molecule has 0 amide bonds. The lowest BCUT2D eigenvalue weighted by Gasteiger charge is -2.20. The quantitative estimate of drug-likeness (QED) is 0.781. The molecule has 0 aliphatic rings. The Morgan fingerprint density at radius 1 is 1.10 bits per heavy atom. The second-order valence-corrected chi connectivity index (χ2v) is 5.17. The van der Waals surface area contributed by atoms with E-state index in [2.05, 4.69) is 49.5 Å². The largest absolute Gasteiger partial charge is 0.508 e. The minimum absolute atomic E-state index is 0.232. The summed E-state index contributed by atoms with van der Waals surface area (Å²) in [5.41, 5.74) is 3.46. The molecule has 0 spiro atoms. The molecule has 1 unspecified atom stereocenters. The van der Waals surface area contributed by atoms with Crippen LogP contribution in [0.25, 0.3) is 0 Å². The molecule has 2 nitrogen and oxygen atoms in total. The second kappa shape index (κ2) is 7.11. The smallest absolute Gasteiger partial charge is 0.119 e. The van der Waals surface area contributed by atoms with Crippen LogP contribution < -0.4 is 5.32 Å². The molecule has 0 saturated heterocycles. The van der Waals surface area contributed by atoms with Crippen LogP contribution in [0.1, 0.15) is 36.0 Å². The molecule has 2 heteroatoms. The van der Waals surface area contributed by atoms with Crippen molar-refractivity contribution in [2.45, 2.75) is 26.2 Å².